The summed E-state index contributed by atoms with van der Waals surface area (Å²) in [7, 11) is 0. The molecule has 0 amide bonds. The Labute approximate surface area is 229 Å². The van der Waals surface area contributed by atoms with Crippen molar-refractivity contribution in [2.75, 3.05) is 11.5 Å². The second-order valence-corrected chi connectivity index (χ2v) is 12.5. The molecule has 2 aromatic carbocycles. The Morgan fingerprint density at radius 3 is 1.42 bits per heavy atom. The lowest BCUT2D eigenvalue weighted by molar-refractivity contribution is -0.136. The molecule has 2 atom stereocenters. The second kappa shape index (κ2) is 12.8. The summed E-state index contributed by atoms with van der Waals surface area (Å²) in [6.45, 7) is 4.35. The summed E-state index contributed by atoms with van der Waals surface area (Å²) in [5, 5.41) is 0. The highest BCUT2D eigenvalue weighted by Gasteiger charge is 2.36. The summed E-state index contributed by atoms with van der Waals surface area (Å²) in [6, 6.07) is 20.5. The second-order valence-electron chi connectivity index (χ2n) is 10.8. The predicted octanol–water partition coefficient (Wildman–Crippen LogP) is 6.65. The summed E-state index contributed by atoms with van der Waals surface area (Å²) < 4.78 is 23.1. The highest BCUT2D eigenvalue weighted by molar-refractivity contribution is 7.91. The summed E-state index contributed by atoms with van der Waals surface area (Å²) in [4.78, 5) is 23.5. The Morgan fingerprint density at radius 1 is 0.684 bits per heavy atom. The first-order valence-corrected chi connectivity index (χ1v) is 15.0. The van der Waals surface area contributed by atoms with Gasteiger partial charge in [0.1, 0.15) is 11.5 Å². The maximum Gasteiger partial charge on any atom is 0.314 e. The molecule has 0 fully saturated rings. The van der Waals surface area contributed by atoms with Crippen LogP contribution in [0.2, 0.25) is 0 Å². The van der Waals surface area contributed by atoms with Gasteiger partial charge in [0.05, 0.1) is 25.4 Å². The number of ether oxygens (including phenoxy) is 2. The number of esters is 2. The molecule has 5 nitrogen and oxygen atoms in total. The van der Waals surface area contributed by atoms with Crippen LogP contribution in [0.25, 0.3) is 0 Å². The molecule has 6 heteroatoms. The number of unbranched alkanes of at least 4 members (excludes halogenated alkanes) is 2. The van der Waals surface area contributed by atoms with Gasteiger partial charge in [-0.25, -0.2) is 0 Å². The molecule has 2 heterocycles. The fourth-order valence-corrected chi connectivity index (χ4v) is 6.84. The number of hydrogen-bond donors (Lipinski definition) is 0. The average Bonchev–Trinajstić information content (AvgIpc) is 3.58. The van der Waals surface area contributed by atoms with E-state index in [1.54, 1.807) is 12.5 Å². The minimum atomic E-state index is -0.868. The molecule has 202 valence electrons. The fourth-order valence-electron chi connectivity index (χ4n) is 5.58. The minimum Gasteiger partial charge on any atom is -0.616 e. The fraction of sp³-hybridized carbons (Fsp3) is 0.438. The van der Waals surface area contributed by atoms with Gasteiger partial charge in [-0.05, 0) is 60.8 Å². The smallest absolute Gasteiger partial charge is 0.314 e. The van der Waals surface area contributed by atoms with Crippen LogP contribution in [-0.2, 0) is 41.1 Å². The van der Waals surface area contributed by atoms with E-state index in [1.165, 1.54) is 11.1 Å². The van der Waals surface area contributed by atoms with Crippen molar-refractivity contribution in [1.82, 2.24) is 0 Å². The van der Waals surface area contributed by atoms with Crippen LogP contribution in [0, 0.1) is 0 Å². The molecular weight excluding hydrogens is 496 g/mol. The van der Waals surface area contributed by atoms with Crippen molar-refractivity contribution in [1.29, 1.82) is 0 Å². The third-order valence-corrected chi connectivity index (χ3v) is 9.66. The molecule has 0 N–H and O–H groups in total. The monoisotopic (exact) mass is 534 g/mol. The van der Waals surface area contributed by atoms with Crippen molar-refractivity contribution in [3.63, 3.8) is 0 Å². The van der Waals surface area contributed by atoms with Gasteiger partial charge in [-0.2, -0.15) is 0 Å². The highest BCUT2D eigenvalue weighted by atomic mass is 32.2. The largest absolute Gasteiger partial charge is 0.616 e. The van der Waals surface area contributed by atoms with Gasteiger partial charge in [0, 0.05) is 10.8 Å². The summed E-state index contributed by atoms with van der Waals surface area (Å²) in [5.41, 5.74) is 3.85. The number of hydrogen-bond acceptors (Lipinski definition) is 5. The van der Waals surface area contributed by atoms with Crippen LogP contribution >= 0.6 is 0 Å². The van der Waals surface area contributed by atoms with Crippen LogP contribution in [0.5, 0.6) is 0 Å². The molecular formula is C32H38O5S. The molecule has 0 radical (unpaired) electrons. The van der Waals surface area contributed by atoms with E-state index in [0.717, 1.165) is 49.7 Å². The van der Waals surface area contributed by atoms with Gasteiger partial charge in [-0.15, -0.1) is 0 Å². The van der Waals surface area contributed by atoms with E-state index < -0.39 is 11.2 Å². The highest BCUT2D eigenvalue weighted by Crippen LogP contribution is 2.42. The first-order valence-electron chi connectivity index (χ1n) is 13.6. The van der Waals surface area contributed by atoms with Gasteiger partial charge in [0.2, 0.25) is 0 Å². The molecule has 0 saturated carbocycles. The van der Waals surface area contributed by atoms with Crippen molar-refractivity contribution < 1.29 is 23.6 Å². The maximum absolute atomic E-state index is 12.8. The SMILES string of the molecule is CC(CCCC[S+]([O-])CCCCC(C)(C1=COC(=O)C1)c1ccccc1)(C1=COC(=O)C1)c1ccccc1. The lowest BCUT2D eigenvalue weighted by atomic mass is 9.72. The van der Waals surface area contributed by atoms with Gasteiger partial charge in [-0.1, -0.05) is 85.7 Å². The molecule has 2 aliphatic rings. The summed E-state index contributed by atoms with van der Waals surface area (Å²) in [6.07, 6.45) is 9.28. The van der Waals surface area contributed by atoms with Crippen molar-refractivity contribution in [3.8, 4) is 0 Å². The molecule has 0 spiro atoms. The van der Waals surface area contributed by atoms with Crippen molar-refractivity contribution in [2.45, 2.75) is 76.0 Å². The van der Waals surface area contributed by atoms with E-state index in [-0.39, 0.29) is 22.8 Å². The van der Waals surface area contributed by atoms with Crippen LogP contribution < -0.4 is 0 Å². The van der Waals surface area contributed by atoms with E-state index in [4.69, 9.17) is 9.47 Å². The molecule has 0 aliphatic carbocycles. The Bertz CT molecular complexity index is 1070. The summed E-state index contributed by atoms with van der Waals surface area (Å²) in [5.74, 6) is 0.968. The third kappa shape index (κ3) is 6.78. The number of cyclic esters (lactones) is 2. The molecule has 2 aliphatic heterocycles. The van der Waals surface area contributed by atoms with E-state index in [0.29, 0.717) is 24.3 Å². The lowest BCUT2D eigenvalue weighted by Crippen LogP contribution is -2.25. The van der Waals surface area contributed by atoms with E-state index in [2.05, 4.69) is 38.1 Å². The Morgan fingerprint density at radius 2 is 1.08 bits per heavy atom. The van der Waals surface area contributed by atoms with Crippen LogP contribution in [0.1, 0.15) is 76.3 Å². The Kier molecular flexibility index (Phi) is 9.50. The van der Waals surface area contributed by atoms with Crippen LogP contribution in [-0.4, -0.2) is 28.0 Å². The molecule has 2 unspecified atom stereocenters. The van der Waals surface area contributed by atoms with Crippen molar-refractivity contribution in [2.24, 2.45) is 0 Å². The Balaban J connectivity index is 1.24. The quantitative estimate of drug-likeness (QED) is 0.154. The van der Waals surface area contributed by atoms with Gasteiger partial charge in [0.15, 0.2) is 0 Å². The molecule has 4 rings (SSSR count). The standard InChI is InChI=1S/C32H38O5S/c1-31(25-13-5-3-6-14-25,27-21-29(33)36-23-27)17-9-11-19-38(35)20-12-10-18-32(2,26-15-7-4-8-16-26)28-22-30(34)37-24-28/h3-8,13-16,23-24H,9-12,17-22H2,1-2H3. The van der Waals surface area contributed by atoms with Crippen molar-refractivity contribution >= 4 is 23.1 Å². The molecule has 0 bridgehead atoms. The molecule has 0 saturated heterocycles. The van der Waals surface area contributed by atoms with E-state index in [9.17, 15) is 14.1 Å². The lowest BCUT2D eigenvalue weighted by Gasteiger charge is -2.31. The van der Waals surface area contributed by atoms with Gasteiger partial charge in [0.25, 0.3) is 0 Å². The molecule has 2 aromatic rings. The van der Waals surface area contributed by atoms with E-state index in [1.807, 2.05) is 36.4 Å². The first kappa shape index (κ1) is 28.2. The molecule has 38 heavy (non-hydrogen) atoms. The zero-order valence-electron chi connectivity index (χ0n) is 22.4. The summed E-state index contributed by atoms with van der Waals surface area (Å²) >= 11 is -0.868. The van der Waals surface area contributed by atoms with Crippen LogP contribution in [0.3, 0.4) is 0 Å². The van der Waals surface area contributed by atoms with Gasteiger partial charge >= 0.3 is 11.9 Å². The van der Waals surface area contributed by atoms with Gasteiger partial charge < -0.3 is 14.0 Å². The average molecular weight is 535 g/mol. The molecule has 0 aromatic heterocycles. The van der Waals surface area contributed by atoms with Gasteiger partial charge in [-0.3, -0.25) is 9.59 Å². The third-order valence-electron chi connectivity index (χ3n) is 8.17. The topological polar surface area (TPSA) is 75.7 Å². The Hall–Kier alpha value is -2.83. The normalized spacial score (nSPS) is 19.1. The van der Waals surface area contributed by atoms with Crippen LogP contribution in [0.15, 0.2) is 84.3 Å². The zero-order valence-corrected chi connectivity index (χ0v) is 23.3. The maximum atomic E-state index is 12.8. The zero-order chi connectivity index (χ0) is 27.0. The number of benzene rings is 2. The number of carbonyl (C=O) groups is 2. The number of carbonyl (C=O) groups excluding carboxylic acids is 2. The van der Waals surface area contributed by atoms with Crippen LogP contribution in [0.4, 0.5) is 0 Å². The predicted molar refractivity (Wildman–Crippen MR) is 151 cm³/mol. The first-order chi connectivity index (χ1) is 18.3. The minimum absolute atomic E-state index is 0.199. The number of rotatable bonds is 14. The van der Waals surface area contributed by atoms with Crippen molar-refractivity contribution in [3.05, 3.63) is 95.5 Å². The van der Waals surface area contributed by atoms with E-state index >= 15 is 0 Å².